The highest BCUT2D eigenvalue weighted by Crippen LogP contribution is 2.37. The van der Waals surface area contributed by atoms with Gasteiger partial charge in [0.15, 0.2) is 0 Å². The van der Waals surface area contributed by atoms with Crippen molar-refractivity contribution in [3.63, 3.8) is 0 Å². The molecule has 3 nitrogen and oxygen atoms in total. The van der Waals surface area contributed by atoms with Gasteiger partial charge >= 0.3 is 0 Å². The number of halogens is 1. The molecule has 3 aromatic carbocycles. The zero-order valence-corrected chi connectivity index (χ0v) is 15.4. The number of nitrogens with one attached hydrogen (secondary N) is 1. The maximum Gasteiger partial charge on any atom is 0.0847 e. The minimum Gasteiger partial charge on any atom is -0.339 e. The number of rotatable bonds is 5. The molecule has 130 valence electrons. The highest BCUT2D eigenvalue weighted by molar-refractivity contribution is 6.18. The topological polar surface area (TPSA) is 41.1 Å². The number of para-hydroxylation sites is 1. The van der Waals surface area contributed by atoms with Crippen LogP contribution >= 0.6 is 11.6 Å². The van der Waals surface area contributed by atoms with Crippen LogP contribution in [0.2, 0.25) is 0 Å². The Morgan fingerprint density at radius 1 is 1.00 bits per heavy atom. The second-order valence-corrected chi connectivity index (χ2v) is 6.96. The molecule has 0 bridgehead atoms. The summed E-state index contributed by atoms with van der Waals surface area (Å²) in [6, 6.07) is 21.4. The van der Waals surface area contributed by atoms with Crippen LogP contribution in [0.4, 0.5) is 0 Å². The largest absolute Gasteiger partial charge is 0.339 e. The van der Waals surface area contributed by atoms with E-state index in [0.717, 1.165) is 12.1 Å². The van der Waals surface area contributed by atoms with Crippen molar-refractivity contribution in [2.45, 2.75) is 20.0 Å². The Morgan fingerprint density at radius 3 is 2.50 bits per heavy atom. The summed E-state index contributed by atoms with van der Waals surface area (Å²) in [4.78, 5) is 0. The molecule has 1 N–H and O–H groups in total. The minimum atomic E-state index is 0.393. The van der Waals surface area contributed by atoms with Gasteiger partial charge < -0.3 is 4.57 Å². The van der Waals surface area contributed by atoms with Crippen molar-refractivity contribution in [1.82, 2.24) is 4.57 Å². The Bertz CT molecular complexity index is 1090. The predicted octanol–water partition coefficient (Wildman–Crippen LogP) is 6.54. The van der Waals surface area contributed by atoms with E-state index in [9.17, 15) is 0 Å². The Hall–Kier alpha value is -2.65. The third-order valence-corrected chi connectivity index (χ3v) is 5.03. The summed E-state index contributed by atoms with van der Waals surface area (Å²) >= 11 is 6.13. The number of hydrogen-bond acceptors (Lipinski definition) is 2. The van der Waals surface area contributed by atoms with Gasteiger partial charge in [-0.05, 0) is 36.2 Å². The molecule has 0 spiro atoms. The molecule has 1 heterocycles. The van der Waals surface area contributed by atoms with Crippen molar-refractivity contribution in [2.75, 3.05) is 5.88 Å². The lowest BCUT2D eigenvalue weighted by Crippen LogP contribution is -2.00. The van der Waals surface area contributed by atoms with Gasteiger partial charge in [0.25, 0.3) is 0 Å². The van der Waals surface area contributed by atoms with Crippen LogP contribution in [0.3, 0.4) is 0 Å². The molecule has 4 aromatic rings. The summed E-state index contributed by atoms with van der Waals surface area (Å²) in [5.74, 6) is 0.560. The van der Waals surface area contributed by atoms with Crippen molar-refractivity contribution in [3.05, 3.63) is 71.8 Å². The maximum absolute atomic E-state index is 7.29. The van der Waals surface area contributed by atoms with Gasteiger partial charge in [0, 0.05) is 34.3 Å². The van der Waals surface area contributed by atoms with Crippen LogP contribution in [0.15, 0.2) is 65.8 Å². The van der Waals surface area contributed by atoms with Crippen LogP contribution in [-0.4, -0.2) is 10.4 Å². The van der Waals surface area contributed by atoms with Gasteiger partial charge in [-0.3, -0.25) is 0 Å². The molecule has 4 rings (SSSR count). The number of hydrogen-bond donors (Lipinski definition) is 1. The molecule has 0 aliphatic heterocycles. The molecule has 0 aliphatic rings. The molecule has 26 heavy (non-hydrogen) atoms. The van der Waals surface area contributed by atoms with Gasteiger partial charge in [-0.15, -0.1) is 11.6 Å². The van der Waals surface area contributed by atoms with Crippen molar-refractivity contribution in [3.8, 4) is 11.1 Å². The molecule has 0 amide bonds. The molecule has 4 heteroatoms. The zero-order chi connectivity index (χ0) is 18.1. The van der Waals surface area contributed by atoms with Crippen LogP contribution in [0.5, 0.6) is 0 Å². The first-order valence-electron chi connectivity index (χ1n) is 8.73. The standard InChI is InChI=1S/C22H20ClN3/c1-15-6-8-17(9-7-15)19-12-16(14-25-24)13-20-18-4-2-3-5-21(18)26(11-10-23)22(19)20/h2-9,12-13,24H,10-11,14H2,1H3. The predicted molar refractivity (Wildman–Crippen MR) is 109 cm³/mol. The summed E-state index contributed by atoms with van der Waals surface area (Å²) in [5.41, 5.74) is 14.3. The second kappa shape index (κ2) is 6.93. The van der Waals surface area contributed by atoms with Gasteiger partial charge in [-0.25, -0.2) is 5.53 Å². The summed E-state index contributed by atoms with van der Waals surface area (Å²) in [6.45, 7) is 3.25. The first-order chi connectivity index (χ1) is 12.7. The van der Waals surface area contributed by atoms with E-state index in [1.165, 1.54) is 38.5 Å². The van der Waals surface area contributed by atoms with Gasteiger partial charge in [-0.2, -0.15) is 5.11 Å². The molecule has 1 aromatic heterocycles. The fourth-order valence-corrected chi connectivity index (χ4v) is 3.87. The van der Waals surface area contributed by atoms with E-state index < -0.39 is 0 Å². The number of nitrogens with zero attached hydrogens (tertiary/aromatic N) is 2. The molecular formula is C22H20ClN3. The third-order valence-electron chi connectivity index (χ3n) is 4.86. The molecule has 0 aliphatic carbocycles. The van der Waals surface area contributed by atoms with Crippen LogP contribution in [-0.2, 0) is 13.1 Å². The van der Waals surface area contributed by atoms with Crippen molar-refractivity contribution < 1.29 is 0 Å². The molecule has 0 fully saturated rings. The van der Waals surface area contributed by atoms with Crippen molar-refractivity contribution >= 4 is 33.4 Å². The van der Waals surface area contributed by atoms with Crippen LogP contribution in [0.25, 0.3) is 32.9 Å². The monoisotopic (exact) mass is 361 g/mol. The van der Waals surface area contributed by atoms with Crippen LogP contribution < -0.4 is 0 Å². The van der Waals surface area contributed by atoms with E-state index in [4.69, 9.17) is 17.1 Å². The average Bonchev–Trinajstić information content (AvgIpc) is 2.97. The molecule has 0 saturated heterocycles. The lowest BCUT2D eigenvalue weighted by atomic mass is 9.98. The fraction of sp³-hybridized carbons (Fsp3) is 0.182. The van der Waals surface area contributed by atoms with Crippen LogP contribution in [0.1, 0.15) is 11.1 Å². The lowest BCUT2D eigenvalue weighted by Gasteiger charge is -2.12. The number of alkyl halides is 1. The zero-order valence-electron chi connectivity index (χ0n) is 14.7. The normalized spacial score (nSPS) is 11.3. The summed E-state index contributed by atoms with van der Waals surface area (Å²) in [7, 11) is 0. The second-order valence-electron chi connectivity index (χ2n) is 6.58. The van der Waals surface area contributed by atoms with Gasteiger partial charge in [0.05, 0.1) is 12.1 Å². The molecular weight excluding hydrogens is 342 g/mol. The van der Waals surface area contributed by atoms with E-state index in [1.54, 1.807) is 0 Å². The van der Waals surface area contributed by atoms with Crippen molar-refractivity contribution in [1.29, 1.82) is 5.53 Å². The van der Waals surface area contributed by atoms with Crippen LogP contribution in [0, 0.1) is 12.5 Å². The minimum absolute atomic E-state index is 0.393. The Labute approximate surface area is 157 Å². The highest BCUT2D eigenvalue weighted by atomic mass is 35.5. The fourth-order valence-electron chi connectivity index (χ4n) is 3.70. The van der Waals surface area contributed by atoms with E-state index >= 15 is 0 Å². The van der Waals surface area contributed by atoms with E-state index in [2.05, 4.69) is 77.3 Å². The molecule has 0 unspecified atom stereocenters. The highest BCUT2D eigenvalue weighted by Gasteiger charge is 2.16. The summed E-state index contributed by atoms with van der Waals surface area (Å²) in [6.07, 6.45) is 0. The van der Waals surface area contributed by atoms with E-state index in [0.29, 0.717) is 12.4 Å². The lowest BCUT2D eigenvalue weighted by molar-refractivity contribution is 0.834. The summed E-state index contributed by atoms with van der Waals surface area (Å²) < 4.78 is 2.31. The van der Waals surface area contributed by atoms with E-state index in [1.807, 2.05) is 0 Å². The number of aromatic nitrogens is 1. The first-order valence-corrected chi connectivity index (χ1v) is 9.26. The smallest absolute Gasteiger partial charge is 0.0847 e. The quantitative estimate of drug-likeness (QED) is 0.310. The average molecular weight is 362 g/mol. The molecule has 0 atom stereocenters. The molecule has 0 radical (unpaired) electrons. The van der Waals surface area contributed by atoms with Gasteiger partial charge in [-0.1, -0.05) is 48.0 Å². The Morgan fingerprint density at radius 2 is 1.77 bits per heavy atom. The number of aryl methyl sites for hydroxylation is 2. The van der Waals surface area contributed by atoms with E-state index in [-0.39, 0.29) is 0 Å². The van der Waals surface area contributed by atoms with Gasteiger partial charge in [0.1, 0.15) is 0 Å². The number of benzene rings is 3. The Kier molecular flexibility index (Phi) is 4.48. The third kappa shape index (κ3) is 2.78. The number of fused-ring (bicyclic) bond motifs is 3. The van der Waals surface area contributed by atoms with Gasteiger partial charge in [0.2, 0.25) is 0 Å². The maximum atomic E-state index is 7.29. The first kappa shape index (κ1) is 16.8. The summed E-state index contributed by atoms with van der Waals surface area (Å²) in [5, 5.41) is 6.02. The SMILES string of the molecule is Cc1ccc(-c2cc(CN=N)cc3c4ccccc4n(CCCl)c23)cc1. The molecule has 0 saturated carbocycles. The van der Waals surface area contributed by atoms with Crippen molar-refractivity contribution in [2.24, 2.45) is 5.11 Å². The Balaban J connectivity index is 2.13.